The van der Waals surface area contributed by atoms with Crippen LogP contribution in [0.4, 0.5) is 10.5 Å². The van der Waals surface area contributed by atoms with E-state index in [0.29, 0.717) is 17.9 Å². The minimum atomic E-state index is -0.830. The maximum absolute atomic E-state index is 13.2. The van der Waals surface area contributed by atoms with Gasteiger partial charge in [0, 0.05) is 23.5 Å². The Labute approximate surface area is 182 Å². The summed E-state index contributed by atoms with van der Waals surface area (Å²) in [5, 5.41) is 6.61. The number of benzene rings is 2. The van der Waals surface area contributed by atoms with Gasteiger partial charge in [0.15, 0.2) is 0 Å². The number of fused-ring (bicyclic) bond motifs is 1. The molecule has 0 aliphatic heterocycles. The van der Waals surface area contributed by atoms with E-state index in [-0.39, 0.29) is 18.4 Å². The van der Waals surface area contributed by atoms with Crippen molar-refractivity contribution < 1.29 is 19.1 Å². The molecule has 0 radical (unpaired) electrons. The van der Waals surface area contributed by atoms with E-state index >= 15 is 0 Å². The van der Waals surface area contributed by atoms with Gasteiger partial charge in [0.05, 0.1) is 19.4 Å². The second kappa shape index (κ2) is 10.0. The Morgan fingerprint density at radius 2 is 1.90 bits per heavy atom. The van der Waals surface area contributed by atoms with Crippen LogP contribution >= 0.6 is 0 Å². The molecule has 1 heterocycles. The fourth-order valence-electron chi connectivity index (χ4n) is 3.30. The van der Waals surface area contributed by atoms with Crippen LogP contribution in [0.1, 0.15) is 25.0 Å². The topological polar surface area (TPSA) is 92.5 Å². The lowest BCUT2D eigenvalue weighted by Gasteiger charge is -2.20. The number of rotatable bonds is 8. The van der Waals surface area contributed by atoms with E-state index in [1.54, 1.807) is 13.2 Å². The van der Waals surface area contributed by atoms with E-state index in [1.807, 2.05) is 63.4 Å². The molecule has 0 unspecified atom stereocenters. The number of hydrogen-bond donors (Lipinski definition) is 3. The molecule has 3 N–H and O–H groups in total. The molecular weight excluding hydrogens is 394 g/mol. The van der Waals surface area contributed by atoms with Crippen LogP contribution < -0.4 is 15.4 Å². The van der Waals surface area contributed by atoms with Crippen molar-refractivity contribution in [1.29, 1.82) is 0 Å². The van der Waals surface area contributed by atoms with Gasteiger partial charge in [-0.2, -0.15) is 0 Å². The van der Waals surface area contributed by atoms with E-state index in [2.05, 4.69) is 15.6 Å². The van der Waals surface area contributed by atoms with Crippen LogP contribution in [0, 0.1) is 12.8 Å². The van der Waals surface area contributed by atoms with Crippen molar-refractivity contribution >= 4 is 28.6 Å². The smallest absolute Gasteiger partial charge is 0.407 e. The van der Waals surface area contributed by atoms with Crippen LogP contribution in [0.5, 0.6) is 5.75 Å². The molecule has 0 aliphatic carbocycles. The van der Waals surface area contributed by atoms with Crippen molar-refractivity contribution in [3.05, 3.63) is 59.8 Å². The molecule has 31 heavy (non-hydrogen) atoms. The number of alkyl carbamates (subject to hydrolysis) is 1. The minimum Gasteiger partial charge on any atom is -0.495 e. The molecule has 1 atom stereocenters. The summed E-state index contributed by atoms with van der Waals surface area (Å²) in [4.78, 5) is 28.7. The molecule has 7 heteroatoms. The minimum absolute atomic E-state index is 0.197. The summed E-state index contributed by atoms with van der Waals surface area (Å²) < 4.78 is 10.6. The number of amides is 2. The highest BCUT2D eigenvalue weighted by Gasteiger charge is 2.24. The van der Waals surface area contributed by atoms with Gasteiger partial charge in [0.25, 0.3) is 0 Å². The van der Waals surface area contributed by atoms with Crippen molar-refractivity contribution in [1.82, 2.24) is 10.3 Å². The number of anilines is 1. The molecule has 2 aromatic carbocycles. The average Bonchev–Trinajstić information content (AvgIpc) is 3.15. The number of carbonyl (C=O) groups excluding carboxylic acids is 2. The maximum atomic E-state index is 13.2. The third-order valence-corrected chi connectivity index (χ3v) is 4.87. The Balaban J connectivity index is 1.83. The Morgan fingerprint density at radius 3 is 2.65 bits per heavy atom. The molecular formula is C24H29N3O4. The first-order valence-corrected chi connectivity index (χ1v) is 10.3. The van der Waals surface area contributed by atoms with Gasteiger partial charge in [0.2, 0.25) is 5.91 Å². The zero-order valence-electron chi connectivity index (χ0n) is 18.3. The summed E-state index contributed by atoms with van der Waals surface area (Å²) in [6.07, 6.45) is 1.55. The number of methoxy groups -OCH3 is 1. The lowest BCUT2D eigenvalue weighted by molar-refractivity contribution is -0.118. The lowest BCUT2D eigenvalue weighted by Crippen LogP contribution is -2.45. The van der Waals surface area contributed by atoms with E-state index < -0.39 is 12.1 Å². The van der Waals surface area contributed by atoms with Crippen molar-refractivity contribution in [3.8, 4) is 5.75 Å². The van der Waals surface area contributed by atoms with Gasteiger partial charge in [0.1, 0.15) is 11.8 Å². The average molecular weight is 424 g/mol. The number of aryl methyl sites for hydroxylation is 1. The second-order valence-corrected chi connectivity index (χ2v) is 7.95. The normalized spacial score (nSPS) is 11.9. The van der Waals surface area contributed by atoms with Crippen LogP contribution in [0.15, 0.2) is 48.7 Å². The number of H-pyrrole nitrogens is 1. The number of aromatic amines is 1. The number of carbonyl (C=O) groups is 2. The third-order valence-electron chi connectivity index (χ3n) is 4.87. The Kier molecular flexibility index (Phi) is 7.18. The largest absolute Gasteiger partial charge is 0.495 e. The van der Waals surface area contributed by atoms with Gasteiger partial charge in [-0.05, 0) is 42.2 Å². The summed E-state index contributed by atoms with van der Waals surface area (Å²) in [5.41, 5.74) is 3.43. The zero-order chi connectivity index (χ0) is 22.4. The molecule has 2 amide bonds. The first-order valence-electron chi connectivity index (χ1n) is 10.3. The SMILES string of the molecule is COc1ccc(C)cc1NC(=O)[C@H](Cc1c[nH]c2ccccc12)NC(=O)OCC(C)C. The highest BCUT2D eigenvalue weighted by molar-refractivity contribution is 5.98. The third kappa shape index (κ3) is 5.78. The molecule has 0 spiro atoms. The molecule has 164 valence electrons. The Hall–Kier alpha value is -3.48. The molecule has 1 aromatic heterocycles. The van der Waals surface area contributed by atoms with Gasteiger partial charge in [-0.3, -0.25) is 4.79 Å². The number of para-hydroxylation sites is 1. The van der Waals surface area contributed by atoms with Gasteiger partial charge in [-0.25, -0.2) is 4.79 Å². The van der Waals surface area contributed by atoms with E-state index in [9.17, 15) is 9.59 Å². The number of hydrogen-bond acceptors (Lipinski definition) is 4. The fourth-order valence-corrected chi connectivity index (χ4v) is 3.30. The summed E-state index contributed by atoms with van der Waals surface area (Å²) in [6.45, 7) is 6.11. The molecule has 0 saturated carbocycles. The molecule has 7 nitrogen and oxygen atoms in total. The number of nitrogens with one attached hydrogen (secondary N) is 3. The molecule has 3 rings (SSSR count). The molecule has 0 aliphatic rings. The highest BCUT2D eigenvalue weighted by atomic mass is 16.5. The van der Waals surface area contributed by atoms with Crippen molar-refractivity contribution in [3.63, 3.8) is 0 Å². The Morgan fingerprint density at radius 1 is 1.13 bits per heavy atom. The van der Waals surface area contributed by atoms with Crippen LogP contribution in [-0.2, 0) is 16.0 Å². The van der Waals surface area contributed by atoms with Gasteiger partial charge >= 0.3 is 6.09 Å². The number of aromatic nitrogens is 1. The molecule has 3 aromatic rings. The standard InChI is InChI=1S/C24H29N3O4/c1-15(2)14-31-24(29)27-21(12-17-13-25-19-8-6-5-7-18(17)19)23(28)26-20-11-16(3)9-10-22(20)30-4/h5-11,13,15,21,25H,12,14H2,1-4H3,(H,26,28)(H,27,29)/t21-/m0/s1. The zero-order valence-corrected chi connectivity index (χ0v) is 18.3. The van der Waals surface area contributed by atoms with Crippen molar-refractivity contribution in [2.75, 3.05) is 19.0 Å². The first-order chi connectivity index (χ1) is 14.9. The van der Waals surface area contributed by atoms with E-state index in [1.165, 1.54) is 0 Å². The second-order valence-electron chi connectivity index (χ2n) is 7.95. The predicted molar refractivity (Wildman–Crippen MR) is 121 cm³/mol. The van der Waals surface area contributed by atoms with Crippen LogP contribution in [0.2, 0.25) is 0 Å². The van der Waals surface area contributed by atoms with Gasteiger partial charge in [-0.15, -0.1) is 0 Å². The first kappa shape index (κ1) is 22.2. The monoisotopic (exact) mass is 423 g/mol. The van der Waals surface area contributed by atoms with Crippen LogP contribution in [0.25, 0.3) is 10.9 Å². The van der Waals surface area contributed by atoms with Crippen molar-refractivity contribution in [2.45, 2.75) is 33.2 Å². The number of ether oxygens (including phenoxy) is 2. The van der Waals surface area contributed by atoms with E-state index in [4.69, 9.17) is 9.47 Å². The quantitative estimate of drug-likeness (QED) is 0.500. The van der Waals surface area contributed by atoms with Crippen molar-refractivity contribution in [2.24, 2.45) is 5.92 Å². The molecule has 0 bridgehead atoms. The summed E-state index contributed by atoms with van der Waals surface area (Å²) in [6, 6.07) is 12.5. The maximum Gasteiger partial charge on any atom is 0.407 e. The predicted octanol–water partition coefficient (Wildman–Crippen LogP) is 4.42. The Bertz CT molecular complexity index is 1060. The highest BCUT2D eigenvalue weighted by Crippen LogP contribution is 2.26. The van der Waals surface area contributed by atoms with Gasteiger partial charge < -0.3 is 25.1 Å². The van der Waals surface area contributed by atoms with Crippen LogP contribution in [-0.4, -0.2) is 36.7 Å². The summed E-state index contributed by atoms with van der Waals surface area (Å²) in [7, 11) is 1.55. The summed E-state index contributed by atoms with van der Waals surface area (Å²) in [5.74, 6) is 0.394. The van der Waals surface area contributed by atoms with E-state index in [0.717, 1.165) is 22.0 Å². The lowest BCUT2D eigenvalue weighted by atomic mass is 10.0. The fraction of sp³-hybridized carbons (Fsp3) is 0.333. The van der Waals surface area contributed by atoms with Gasteiger partial charge in [-0.1, -0.05) is 38.1 Å². The molecule has 0 saturated heterocycles. The van der Waals surface area contributed by atoms with Crippen LogP contribution in [0.3, 0.4) is 0 Å². The molecule has 0 fully saturated rings. The summed E-state index contributed by atoms with van der Waals surface area (Å²) >= 11 is 0.